The molecule has 5 aromatic carbocycles. The maximum Gasteiger partial charge on any atom is 0.125 e. The second-order valence-electron chi connectivity index (χ2n) is 7.40. The quantitative estimate of drug-likeness (QED) is 0.314. The smallest absolute Gasteiger partial charge is 0.125 e. The molecule has 0 aliphatic carbocycles. The van der Waals surface area contributed by atoms with Gasteiger partial charge in [-0.2, -0.15) is 0 Å². The lowest BCUT2D eigenvalue weighted by Crippen LogP contribution is -1.91. The summed E-state index contributed by atoms with van der Waals surface area (Å²) in [6.07, 6.45) is 0. The van der Waals surface area contributed by atoms with E-state index in [4.69, 9.17) is 4.98 Å². The minimum Gasteiger partial charge on any atom is -0.507 e. The van der Waals surface area contributed by atoms with Gasteiger partial charge in [-0.25, -0.2) is 4.98 Å². The molecule has 136 valence electrons. The van der Waals surface area contributed by atoms with Crippen LogP contribution in [0.4, 0.5) is 0 Å². The van der Waals surface area contributed by atoms with Crippen LogP contribution in [-0.4, -0.2) is 10.1 Å². The van der Waals surface area contributed by atoms with Gasteiger partial charge in [-0.3, -0.25) is 0 Å². The van der Waals surface area contributed by atoms with Gasteiger partial charge >= 0.3 is 0 Å². The maximum atomic E-state index is 10.7. The van der Waals surface area contributed by atoms with Crippen LogP contribution >= 0.6 is 0 Å². The Labute approximate surface area is 167 Å². The summed E-state index contributed by atoms with van der Waals surface area (Å²) in [7, 11) is 0. The highest BCUT2D eigenvalue weighted by Gasteiger charge is 2.15. The highest BCUT2D eigenvalue weighted by molar-refractivity contribution is 6.23. The van der Waals surface area contributed by atoms with Crippen LogP contribution in [0.5, 0.6) is 5.75 Å². The molecular formula is C27H17NO. The third-order valence-corrected chi connectivity index (χ3v) is 5.71. The lowest BCUT2D eigenvalue weighted by molar-refractivity contribution is 0.482. The summed E-state index contributed by atoms with van der Waals surface area (Å²) in [5, 5.41) is 18.3. The molecule has 1 N–H and O–H groups in total. The number of hydrogen-bond acceptors (Lipinski definition) is 2. The highest BCUT2D eigenvalue weighted by Crippen LogP contribution is 2.40. The molecule has 0 saturated carbocycles. The van der Waals surface area contributed by atoms with Crippen molar-refractivity contribution in [3.8, 4) is 17.0 Å². The fourth-order valence-electron chi connectivity index (χ4n) is 4.35. The molecule has 0 amide bonds. The first-order chi connectivity index (χ1) is 14.3. The summed E-state index contributed by atoms with van der Waals surface area (Å²) in [4.78, 5) is 4.99. The van der Waals surface area contributed by atoms with Crippen LogP contribution in [-0.2, 0) is 0 Å². The number of pyridine rings is 1. The van der Waals surface area contributed by atoms with E-state index in [0.717, 1.165) is 43.7 Å². The summed E-state index contributed by atoms with van der Waals surface area (Å²) < 4.78 is 0. The fourth-order valence-corrected chi connectivity index (χ4v) is 4.35. The van der Waals surface area contributed by atoms with Gasteiger partial charge in [0, 0.05) is 16.3 Å². The molecular weight excluding hydrogens is 354 g/mol. The molecule has 0 radical (unpaired) electrons. The normalized spacial score (nSPS) is 11.6. The van der Waals surface area contributed by atoms with Crippen LogP contribution in [0.25, 0.3) is 54.5 Å². The van der Waals surface area contributed by atoms with Crippen LogP contribution in [0.2, 0.25) is 0 Å². The minimum atomic E-state index is 0.265. The van der Waals surface area contributed by atoms with Gasteiger partial charge in [0.1, 0.15) is 5.75 Å². The van der Waals surface area contributed by atoms with E-state index < -0.39 is 0 Å². The third-order valence-electron chi connectivity index (χ3n) is 5.71. The summed E-state index contributed by atoms with van der Waals surface area (Å²) in [5.74, 6) is 0.265. The second kappa shape index (κ2) is 6.05. The molecule has 29 heavy (non-hydrogen) atoms. The number of rotatable bonds is 1. The summed E-state index contributed by atoms with van der Waals surface area (Å²) >= 11 is 0. The van der Waals surface area contributed by atoms with Crippen molar-refractivity contribution in [2.45, 2.75) is 0 Å². The van der Waals surface area contributed by atoms with Crippen LogP contribution in [0.1, 0.15) is 0 Å². The van der Waals surface area contributed by atoms with E-state index in [9.17, 15) is 5.11 Å². The standard InChI is InChI=1S/C27H17NO/c29-24-11-5-10-23-26(24)25-21-9-4-3-7-18(21)14-15-22(25)27(28-23)20-13-12-17-6-1-2-8-19(17)16-20/h1-16,29H. The molecule has 0 spiro atoms. The number of phenols is 1. The first-order valence-electron chi connectivity index (χ1n) is 9.72. The molecule has 0 aliphatic heterocycles. The summed E-state index contributed by atoms with van der Waals surface area (Å²) in [6, 6.07) is 33.0. The summed E-state index contributed by atoms with van der Waals surface area (Å²) in [6.45, 7) is 0. The lowest BCUT2D eigenvalue weighted by atomic mass is 9.94. The van der Waals surface area contributed by atoms with Crippen molar-refractivity contribution >= 4 is 43.2 Å². The molecule has 6 aromatic rings. The van der Waals surface area contributed by atoms with Crippen molar-refractivity contribution in [1.82, 2.24) is 4.98 Å². The zero-order valence-corrected chi connectivity index (χ0v) is 15.6. The molecule has 0 unspecified atom stereocenters. The molecule has 0 saturated heterocycles. The van der Waals surface area contributed by atoms with Gasteiger partial charge in [-0.05, 0) is 39.7 Å². The van der Waals surface area contributed by atoms with Gasteiger partial charge in [0.2, 0.25) is 0 Å². The monoisotopic (exact) mass is 371 g/mol. The van der Waals surface area contributed by atoms with E-state index >= 15 is 0 Å². The van der Waals surface area contributed by atoms with Crippen molar-refractivity contribution in [1.29, 1.82) is 0 Å². The van der Waals surface area contributed by atoms with E-state index in [-0.39, 0.29) is 5.75 Å². The largest absolute Gasteiger partial charge is 0.507 e. The fraction of sp³-hybridized carbons (Fsp3) is 0. The number of benzene rings is 5. The molecule has 2 nitrogen and oxygen atoms in total. The van der Waals surface area contributed by atoms with Gasteiger partial charge in [-0.1, -0.05) is 78.9 Å². The van der Waals surface area contributed by atoms with Crippen LogP contribution in [0.15, 0.2) is 97.1 Å². The number of aromatic hydroxyl groups is 1. The van der Waals surface area contributed by atoms with Crippen LogP contribution < -0.4 is 0 Å². The van der Waals surface area contributed by atoms with Crippen molar-refractivity contribution in [3.05, 3.63) is 97.1 Å². The number of nitrogens with zero attached hydrogens (tertiary/aromatic N) is 1. The molecule has 2 heteroatoms. The molecule has 1 heterocycles. The number of hydrogen-bond donors (Lipinski definition) is 1. The average Bonchev–Trinajstić information content (AvgIpc) is 2.78. The Morgan fingerprint density at radius 3 is 2.21 bits per heavy atom. The van der Waals surface area contributed by atoms with Crippen molar-refractivity contribution in [2.24, 2.45) is 0 Å². The molecule has 1 aromatic heterocycles. The van der Waals surface area contributed by atoms with Crippen molar-refractivity contribution < 1.29 is 5.11 Å². The maximum absolute atomic E-state index is 10.7. The topological polar surface area (TPSA) is 33.1 Å². The van der Waals surface area contributed by atoms with Crippen molar-refractivity contribution in [3.63, 3.8) is 0 Å². The van der Waals surface area contributed by atoms with E-state index in [1.165, 1.54) is 10.8 Å². The Morgan fingerprint density at radius 2 is 1.31 bits per heavy atom. The van der Waals surface area contributed by atoms with Gasteiger partial charge in [-0.15, -0.1) is 0 Å². The Hall–Kier alpha value is -3.91. The average molecular weight is 371 g/mol. The number of fused-ring (bicyclic) bond motifs is 6. The second-order valence-corrected chi connectivity index (χ2v) is 7.40. The first kappa shape index (κ1) is 16.1. The Morgan fingerprint density at radius 1 is 0.552 bits per heavy atom. The van der Waals surface area contributed by atoms with Gasteiger partial charge in [0.25, 0.3) is 0 Å². The predicted molar refractivity (Wildman–Crippen MR) is 121 cm³/mol. The van der Waals surface area contributed by atoms with Crippen LogP contribution in [0, 0.1) is 0 Å². The molecule has 6 rings (SSSR count). The van der Waals surface area contributed by atoms with Crippen molar-refractivity contribution in [2.75, 3.05) is 0 Å². The SMILES string of the molecule is Oc1cccc2nc(-c3ccc4ccccc4c3)c3ccc4ccccc4c3c12. The van der Waals surface area contributed by atoms with E-state index in [0.29, 0.717) is 0 Å². The molecule has 0 aliphatic rings. The Kier molecular flexibility index (Phi) is 3.35. The lowest BCUT2D eigenvalue weighted by Gasteiger charge is -2.14. The van der Waals surface area contributed by atoms with Gasteiger partial charge < -0.3 is 5.11 Å². The zero-order valence-electron chi connectivity index (χ0n) is 15.6. The molecule has 0 atom stereocenters. The zero-order chi connectivity index (χ0) is 19.4. The third kappa shape index (κ3) is 2.39. The van der Waals surface area contributed by atoms with Crippen LogP contribution in [0.3, 0.4) is 0 Å². The predicted octanol–water partition coefficient (Wildman–Crippen LogP) is 7.07. The highest BCUT2D eigenvalue weighted by atomic mass is 16.3. The Bertz CT molecular complexity index is 1570. The van der Waals surface area contributed by atoms with Gasteiger partial charge in [0.05, 0.1) is 16.6 Å². The molecule has 0 fully saturated rings. The first-order valence-corrected chi connectivity index (χ1v) is 9.72. The minimum absolute atomic E-state index is 0.265. The summed E-state index contributed by atoms with van der Waals surface area (Å²) in [5.41, 5.74) is 2.82. The van der Waals surface area contributed by atoms with E-state index in [1.807, 2.05) is 24.3 Å². The molecule has 0 bridgehead atoms. The Balaban J connectivity index is 1.82. The number of phenolic OH excluding ortho intramolecular Hbond substituents is 1. The number of aromatic nitrogens is 1. The van der Waals surface area contributed by atoms with Gasteiger partial charge in [0.15, 0.2) is 0 Å². The van der Waals surface area contributed by atoms with E-state index in [2.05, 4.69) is 66.7 Å². The van der Waals surface area contributed by atoms with E-state index in [1.54, 1.807) is 6.07 Å².